The highest BCUT2D eigenvalue weighted by molar-refractivity contribution is 7.89. The second-order valence-corrected chi connectivity index (χ2v) is 9.61. The Morgan fingerprint density at radius 1 is 1.09 bits per heavy atom. The first-order valence-electron chi connectivity index (χ1n) is 8.42. The van der Waals surface area contributed by atoms with Gasteiger partial charge in [-0.2, -0.15) is 0 Å². The summed E-state index contributed by atoms with van der Waals surface area (Å²) in [6.07, 6.45) is 4.15. The summed E-state index contributed by atoms with van der Waals surface area (Å²) in [4.78, 5) is 11.6. The summed E-state index contributed by atoms with van der Waals surface area (Å²) in [5.74, 6) is 0. The van der Waals surface area contributed by atoms with E-state index in [0.717, 1.165) is 25.7 Å². The topological polar surface area (TPSA) is 87.7 Å². The first-order valence-corrected chi connectivity index (χ1v) is 9.92. The minimum absolute atomic E-state index is 0.0903. The van der Waals surface area contributed by atoms with Crippen LogP contribution in [0.25, 0.3) is 0 Å². The summed E-state index contributed by atoms with van der Waals surface area (Å²) in [5.41, 5.74) is 4.96. The second kappa shape index (κ2) is 7.36. The molecule has 7 nitrogen and oxygen atoms in total. The predicted octanol–water partition coefficient (Wildman–Crippen LogP) is 1.75. The van der Waals surface area contributed by atoms with E-state index in [1.165, 1.54) is 0 Å². The monoisotopic (exact) mass is 347 g/mol. The van der Waals surface area contributed by atoms with Gasteiger partial charge in [-0.25, -0.2) is 22.9 Å². The van der Waals surface area contributed by atoms with Crippen molar-refractivity contribution in [3.05, 3.63) is 0 Å². The fourth-order valence-electron chi connectivity index (χ4n) is 3.12. The Hall–Kier alpha value is -0.860. The van der Waals surface area contributed by atoms with Crippen LogP contribution in [-0.2, 0) is 14.8 Å². The molecular weight excluding hydrogens is 318 g/mol. The molecule has 0 atom stereocenters. The van der Waals surface area contributed by atoms with E-state index >= 15 is 0 Å². The summed E-state index contributed by atoms with van der Waals surface area (Å²) in [6, 6.07) is 0.0903. The number of nitrogens with zero attached hydrogens (tertiary/aromatic N) is 1. The maximum Gasteiger partial charge on any atom is 0.422 e. The molecule has 1 aliphatic carbocycles. The summed E-state index contributed by atoms with van der Waals surface area (Å²) < 4.78 is 31.9. The average molecular weight is 347 g/mol. The third kappa shape index (κ3) is 5.32. The number of nitrogens with one attached hydrogen (secondary N) is 2. The van der Waals surface area contributed by atoms with Gasteiger partial charge in [-0.05, 0) is 59.3 Å². The lowest BCUT2D eigenvalue weighted by Crippen LogP contribution is -2.49. The van der Waals surface area contributed by atoms with Gasteiger partial charge in [-0.3, -0.25) is 5.43 Å². The Balaban J connectivity index is 1.74. The number of rotatable bonds is 4. The molecule has 2 aliphatic rings. The zero-order chi connectivity index (χ0) is 17.1. The van der Waals surface area contributed by atoms with Gasteiger partial charge in [0.05, 0.1) is 5.25 Å². The van der Waals surface area contributed by atoms with Crippen molar-refractivity contribution in [3.63, 3.8) is 0 Å². The molecule has 0 radical (unpaired) electrons. The molecule has 0 unspecified atom stereocenters. The Morgan fingerprint density at radius 2 is 1.65 bits per heavy atom. The van der Waals surface area contributed by atoms with E-state index < -0.39 is 21.7 Å². The van der Waals surface area contributed by atoms with Crippen molar-refractivity contribution in [1.82, 2.24) is 15.2 Å². The molecule has 0 aromatic carbocycles. The van der Waals surface area contributed by atoms with Crippen LogP contribution in [0, 0.1) is 0 Å². The summed E-state index contributed by atoms with van der Waals surface area (Å²) in [7, 11) is -3.15. The van der Waals surface area contributed by atoms with Crippen molar-refractivity contribution in [2.75, 3.05) is 13.1 Å². The van der Waals surface area contributed by atoms with Crippen LogP contribution < -0.4 is 10.9 Å². The largest absolute Gasteiger partial charge is 0.443 e. The SMILES string of the molecule is CC(C)(C)OC(=O)NNC1CCC(S(=O)(=O)N2CCCC2)CC1. The molecule has 2 rings (SSSR count). The van der Waals surface area contributed by atoms with Gasteiger partial charge < -0.3 is 4.74 Å². The zero-order valence-corrected chi connectivity index (χ0v) is 15.1. The van der Waals surface area contributed by atoms with Crippen LogP contribution in [0.4, 0.5) is 4.79 Å². The van der Waals surface area contributed by atoms with Crippen molar-refractivity contribution >= 4 is 16.1 Å². The van der Waals surface area contributed by atoms with Gasteiger partial charge in [0.25, 0.3) is 0 Å². The molecule has 0 aromatic heterocycles. The number of hydrazine groups is 1. The van der Waals surface area contributed by atoms with Gasteiger partial charge >= 0.3 is 6.09 Å². The van der Waals surface area contributed by atoms with E-state index in [4.69, 9.17) is 4.74 Å². The maximum atomic E-state index is 12.5. The fourth-order valence-corrected chi connectivity index (χ4v) is 5.18. The lowest BCUT2D eigenvalue weighted by Gasteiger charge is -2.31. The lowest BCUT2D eigenvalue weighted by molar-refractivity contribution is 0.0482. The Labute approximate surface area is 139 Å². The first-order chi connectivity index (χ1) is 10.7. The predicted molar refractivity (Wildman–Crippen MR) is 88.3 cm³/mol. The molecule has 23 heavy (non-hydrogen) atoms. The molecule has 2 fully saturated rings. The molecule has 8 heteroatoms. The molecule has 2 N–H and O–H groups in total. The minimum atomic E-state index is -3.15. The molecule has 0 bridgehead atoms. The van der Waals surface area contributed by atoms with E-state index in [1.54, 1.807) is 25.1 Å². The van der Waals surface area contributed by atoms with Gasteiger partial charge in [0, 0.05) is 19.1 Å². The average Bonchev–Trinajstić information content (AvgIpc) is 2.98. The van der Waals surface area contributed by atoms with Crippen LogP contribution in [0.1, 0.15) is 59.3 Å². The number of hydrogen-bond donors (Lipinski definition) is 2. The van der Waals surface area contributed by atoms with Gasteiger partial charge in [0.2, 0.25) is 10.0 Å². The van der Waals surface area contributed by atoms with Crippen LogP contribution in [-0.4, -0.2) is 48.8 Å². The zero-order valence-electron chi connectivity index (χ0n) is 14.3. The minimum Gasteiger partial charge on any atom is -0.443 e. The number of carbonyl (C=O) groups is 1. The van der Waals surface area contributed by atoms with Crippen molar-refractivity contribution in [2.45, 2.75) is 76.2 Å². The third-order valence-corrected chi connectivity index (χ3v) is 6.70. The second-order valence-electron chi connectivity index (χ2n) is 7.40. The van der Waals surface area contributed by atoms with Crippen molar-refractivity contribution in [2.24, 2.45) is 0 Å². The summed E-state index contributed by atoms with van der Waals surface area (Å²) in [6.45, 7) is 6.75. The number of ether oxygens (including phenoxy) is 1. The standard InChI is InChI=1S/C15H29N3O4S/c1-15(2,3)22-14(19)17-16-12-6-8-13(9-7-12)23(20,21)18-10-4-5-11-18/h12-13,16H,4-11H2,1-3H3,(H,17,19). The molecule has 1 aliphatic heterocycles. The Bertz CT molecular complexity index is 501. The normalized spacial score (nSPS) is 26.9. The van der Waals surface area contributed by atoms with Crippen LogP contribution >= 0.6 is 0 Å². The number of hydrogen-bond acceptors (Lipinski definition) is 5. The Kier molecular flexibility index (Phi) is 5.91. The van der Waals surface area contributed by atoms with E-state index in [2.05, 4.69) is 10.9 Å². The lowest BCUT2D eigenvalue weighted by atomic mass is 9.95. The van der Waals surface area contributed by atoms with Crippen molar-refractivity contribution in [3.8, 4) is 0 Å². The van der Waals surface area contributed by atoms with E-state index in [-0.39, 0.29) is 11.3 Å². The molecule has 1 saturated carbocycles. The van der Waals surface area contributed by atoms with E-state index in [1.807, 2.05) is 0 Å². The van der Waals surface area contributed by atoms with Gasteiger partial charge in [-0.15, -0.1) is 0 Å². The maximum absolute atomic E-state index is 12.5. The highest BCUT2D eigenvalue weighted by Gasteiger charge is 2.36. The smallest absolute Gasteiger partial charge is 0.422 e. The number of amides is 1. The van der Waals surface area contributed by atoms with Crippen LogP contribution in [0.5, 0.6) is 0 Å². The first kappa shape index (κ1) is 18.5. The third-order valence-electron chi connectivity index (χ3n) is 4.30. The molecule has 1 heterocycles. The molecule has 1 saturated heterocycles. The highest BCUT2D eigenvalue weighted by Crippen LogP contribution is 2.28. The van der Waals surface area contributed by atoms with E-state index in [0.29, 0.717) is 25.9 Å². The summed E-state index contributed by atoms with van der Waals surface area (Å²) in [5, 5.41) is -0.278. The molecule has 134 valence electrons. The molecule has 0 spiro atoms. The quantitative estimate of drug-likeness (QED) is 0.757. The van der Waals surface area contributed by atoms with Gasteiger partial charge in [0.15, 0.2) is 0 Å². The van der Waals surface area contributed by atoms with Crippen LogP contribution in [0.15, 0.2) is 0 Å². The van der Waals surface area contributed by atoms with Gasteiger partial charge in [-0.1, -0.05) is 0 Å². The van der Waals surface area contributed by atoms with Crippen molar-refractivity contribution in [1.29, 1.82) is 0 Å². The molecule has 0 aromatic rings. The number of sulfonamides is 1. The Morgan fingerprint density at radius 3 is 2.17 bits per heavy atom. The molecular formula is C15H29N3O4S. The fraction of sp³-hybridized carbons (Fsp3) is 0.933. The van der Waals surface area contributed by atoms with Crippen molar-refractivity contribution < 1.29 is 17.9 Å². The summed E-state index contributed by atoms with van der Waals surface area (Å²) >= 11 is 0. The van der Waals surface area contributed by atoms with Gasteiger partial charge in [0.1, 0.15) is 5.60 Å². The highest BCUT2D eigenvalue weighted by atomic mass is 32.2. The number of carbonyl (C=O) groups excluding carboxylic acids is 1. The van der Waals surface area contributed by atoms with Crippen LogP contribution in [0.3, 0.4) is 0 Å². The van der Waals surface area contributed by atoms with E-state index in [9.17, 15) is 13.2 Å². The molecule has 1 amide bonds. The van der Waals surface area contributed by atoms with Crippen LogP contribution in [0.2, 0.25) is 0 Å².